The van der Waals surface area contributed by atoms with Crippen LogP contribution in [0.5, 0.6) is 0 Å². The number of hydrogen-bond donors (Lipinski definition) is 1. The van der Waals surface area contributed by atoms with Crippen molar-refractivity contribution in [2.75, 3.05) is 13.2 Å². The van der Waals surface area contributed by atoms with Gasteiger partial charge in [-0.25, -0.2) is 4.79 Å². The van der Waals surface area contributed by atoms with Crippen LogP contribution in [0.4, 0.5) is 4.79 Å². The van der Waals surface area contributed by atoms with Crippen LogP contribution in [0.1, 0.15) is 53.5 Å². The molecule has 1 aromatic carbocycles. The van der Waals surface area contributed by atoms with Crippen molar-refractivity contribution in [2.24, 2.45) is 5.92 Å². The highest BCUT2D eigenvalue weighted by atomic mass is 28.4. The third-order valence-corrected chi connectivity index (χ3v) is 12.8. The molecule has 1 aromatic rings. The summed E-state index contributed by atoms with van der Waals surface area (Å²) in [5.41, 5.74) is 0.214. The Morgan fingerprint density at radius 1 is 1.15 bits per heavy atom. The number of aliphatic hydroxyl groups is 1. The number of aliphatic hydroxyl groups excluding tert-OH is 1. The fourth-order valence-corrected chi connectivity index (χ4v) is 6.56. The number of Topliss-reactive ketones (excluding diaryl/α,β-unsaturated/α-hetero) is 1. The molecule has 3 heterocycles. The summed E-state index contributed by atoms with van der Waals surface area (Å²) in [4.78, 5) is 28.4. The van der Waals surface area contributed by atoms with E-state index in [4.69, 9.17) is 23.4 Å². The lowest BCUT2D eigenvalue weighted by molar-refractivity contribution is -0.212. The summed E-state index contributed by atoms with van der Waals surface area (Å²) in [6.07, 6.45) is -4.01. The van der Waals surface area contributed by atoms with E-state index in [1.807, 2.05) is 30.3 Å². The topological polar surface area (TPSA) is 104 Å². The Morgan fingerprint density at radius 2 is 1.82 bits per heavy atom. The van der Waals surface area contributed by atoms with E-state index >= 15 is 0 Å². The van der Waals surface area contributed by atoms with Gasteiger partial charge in [0.25, 0.3) is 0 Å². The maximum absolute atomic E-state index is 13.5. The van der Waals surface area contributed by atoms with Crippen LogP contribution in [0.15, 0.2) is 30.3 Å². The van der Waals surface area contributed by atoms with Crippen LogP contribution >= 0.6 is 0 Å². The highest BCUT2D eigenvalue weighted by Gasteiger charge is 2.57. The molecule has 39 heavy (non-hydrogen) atoms. The smallest absolute Gasteiger partial charge is 0.410 e. The molecule has 7 atom stereocenters. The van der Waals surface area contributed by atoms with Crippen molar-refractivity contribution in [3.05, 3.63) is 35.9 Å². The molecule has 2 bridgehead atoms. The molecule has 3 fully saturated rings. The van der Waals surface area contributed by atoms with Crippen molar-refractivity contribution >= 4 is 20.2 Å². The molecule has 3 saturated heterocycles. The number of fused-ring (bicyclic) bond motifs is 2. The minimum Gasteiger partial charge on any atom is -0.444 e. The Balaban J connectivity index is 1.60. The number of likely N-dealkylation sites (tertiary alicyclic amines) is 1. The van der Waals surface area contributed by atoms with Crippen molar-refractivity contribution < 1.29 is 38.1 Å². The number of carbonyl (C=O) groups is 2. The van der Waals surface area contributed by atoms with Gasteiger partial charge in [0.05, 0.1) is 37.4 Å². The zero-order valence-corrected chi connectivity index (χ0v) is 25.5. The zero-order chi connectivity index (χ0) is 28.8. The molecule has 0 spiro atoms. The highest BCUT2D eigenvalue weighted by molar-refractivity contribution is 6.74. The Morgan fingerprint density at radius 3 is 2.44 bits per heavy atom. The molecule has 0 aliphatic carbocycles. The third kappa shape index (κ3) is 6.74. The van der Waals surface area contributed by atoms with Gasteiger partial charge in [0, 0.05) is 6.54 Å². The monoisotopic (exact) mass is 563 g/mol. The van der Waals surface area contributed by atoms with E-state index in [9.17, 15) is 14.7 Å². The van der Waals surface area contributed by atoms with E-state index < -0.39 is 56.6 Å². The number of amides is 1. The fraction of sp³-hybridized carbons (Fsp3) is 0.724. The SMILES string of the molecule is CC(C)(C)OC(=O)N1C[C@H](O[Si](C)(C)C(C)(C)C)C[C@H]1[C@H](O)[C@H]1C(=O)[C@H]2CO[C@H](O2)[C@@H]1OCc1ccccc1. The lowest BCUT2D eigenvalue weighted by Crippen LogP contribution is -2.58. The van der Waals surface area contributed by atoms with Crippen molar-refractivity contribution in [3.63, 3.8) is 0 Å². The Kier molecular flexibility index (Phi) is 8.67. The van der Waals surface area contributed by atoms with E-state index in [2.05, 4.69) is 33.9 Å². The van der Waals surface area contributed by atoms with Gasteiger partial charge >= 0.3 is 6.09 Å². The summed E-state index contributed by atoms with van der Waals surface area (Å²) in [6, 6.07) is 8.91. The van der Waals surface area contributed by atoms with E-state index in [-0.39, 0.29) is 36.7 Å². The predicted molar refractivity (Wildman–Crippen MR) is 148 cm³/mol. The first-order valence-corrected chi connectivity index (χ1v) is 16.8. The van der Waals surface area contributed by atoms with Crippen LogP contribution in [-0.2, 0) is 34.8 Å². The molecule has 0 aromatic heterocycles. The number of ketones is 1. The second-order valence-electron chi connectivity index (χ2n) is 13.4. The van der Waals surface area contributed by atoms with E-state index in [1.54, 1.807) is 20.8 Å². The molecule has 10 heteroatoms. The normalized spacial score (nSPS) is 30.5. The molecule has 0 saturated carbocycles. The molecule has 0 radical (unpaired) electrons. The minimum absolute atomic E-state index is 0.0238. The average Bonchev–Trinajstić information content (AvgIpc) is 3.45. The van der Waals surface area contributed by atoms with Crippen LogP contribution in [0.3, 0.4) is 0 Å². The summed E-state index contributed by atoms with van der Waals surface area (Å²) in [5, 5.41) is 11.8. The first-order valence-electron chi connectivity index (χ1n) is 13.9. The zero-order valence-electron chi connectivity index (χ0n) is 24.5. The van der Waals surface area contributed by atoms with Crippen molar-refractivity contribution in [2.45, 2.75) is 115 Å². The lowest BCUT2D eigenvalue weighted by Gasteiger charge is -2.40. The molecule has 1 amide bonds. The van der Waals surface area contributed by atoms with E-state index in [1.165, 1.54) is 4.90 Å². The highest BCUT2D eigenvalue weighted by Crippen LogP contribution is 2.41. The van der Waals surface area contributed by atoms with Gasteiger partial charge < -0.3 is 28.5 Å². The second-order valence-corrected chi connectivity index (χ2v) is 18.2. The van der Waals surface area contributed by atoms with E-state index in [0.29, 0.717) is 6.42 Å². The summed E-state index contributed by atoms with van der Waals surface area (Å²) in [6.45, 7) is 16.9. The Hall–Kier alpha value is -1.82. The molecule has 1 N–H and O–H groups in total. The standard InChI is InChI=1S/C29H45NO8Si/c1-28(2,3)37-27(33)30-15-19(38-39(7,8)29(4,5)6)14-20(30)23(31)22-24(32)21-17-35-26(36-21)25(22)34-16-18-12-10-9-11-13-18/h9-13,19-23,25-26,31H,14-17H2,1-8H3/t19-,20+,21-,22+,23+,25-,26-/m1/s1. The molecule has 3 aliphatic heterocycles. The van der Waals surface area contributed by atoms with Gasteiger partial charge in [-0.15, -0.1) is 0 Å². The molecule has 4 rings (SSSR count). The Labute approximate surface area is 233 Å². The number of ether oxygens (including phenoxy) is 4. The largest absolute Gasteiger partial charge is 0.444 e. The predicted octanol–water partition coefficient (Wildman–Crippen LogP) is 4.27. The molecular weight excluding hydrogens is 518 g/mol. The van der Waals surface area contributed by atoms with Crippen LogP contribution < -0.4 is 0 Å². The number of hydrogen-bond acceptors (Lipinski definition) is 8. The van der Waals surface area contributed by atoms with Crippen LogP contribution in [0.2, 0.25) is 18.1 Å². The maximum atomic E-state index is 13.5. The fourth-order valence-electron chi connectivity index (χ4n) is 5.20. The Bertz CT molecular complexity index is 1020. The van der Waals surface area contributed by atoms with Crippen molar-refractivity contribution in [1.29, 1.82) is 0 Å². The molecule has 0 unspecified atom stereocenters. The molecular formula is C29H45NO8Si. The number of rotatable bonds is 7. The van der Waals surface area contributed by atoms with Crippen molar-refractivity contribution in [3.8, 4) is 0 Å². The summed E-state index contributed by atoms with van der Waals surface area (Å²) < 4.78 is 30.1. The van der Waals surface area contributed by atoms with Gasteiger partial charge in [0.1, 0.15) is 17.8 Å². The van der Waals surface area contributed by atoms with Crippen molar-refractivity contribution in [1.82, 2.24) is 4.90 Å². The van der Waals surface area contributed by atoms with Crippen LogP contribution in [0.25, 0.3) is 0 Å². The van der Waals surface area contributed by atoms with Gasteiger partial charge in [-0.05, 0) is 50.9 Å². The average molecular weight is 564 g/mol. The molecule has 3 aliphatic rings. The van der Waals surface area contributed by atoms with Crippen LogP contribution in [0, 0.1) is 5.92 Å². The maximum Gasteiger partial charge on any atom is 0.410 e. The first kappa shape index (κ1) is 30.1. The third-order valence-electron chi connectivity index (χ3n) is 8.23. The molecule has 218 valence electrons. The first-order chi connectivity index (χ1) is 18.1. The van der Waals surface area contributed by atoms with E-state index in [0.717, 1.165) is 5.56 Å². The van der Waals surface area contributed by atoms with Crippen LogP contribution in [-0.4, -0.2) is 85.7 Å². The quantitative estimate of drug-likeness (QED) is 0.491. The number of benzene rings is 1. The van der Waals surface area contributed by atoms with Gasteiger partial charge in [-0.2, -0.15) is 0 Å². The number of nitrogens with zero attached hydrogens (tertiary/aromatic N) is 1. The minimum atomic E-state index is -2.17. The van der Waals surface area contributed by atoms with Gasteiger partial charge in [-0.1, -0.05) is 51.1 Å². The lowest BCUT2D eigenvalue weighted by atomic mass is 9.82. The summed E-state index contributed by atoms with van der Waals surface area (Å²) >= 11 is 0. The molecule has 9 nitrogen and oxygen atoms in total. The van der Waals surface area contributed by atoms with Gasteiger partial charge in [0.15, 0.2) is 20.4 Å². The van der Waals surface area contributed by atoms with Gasteiger partial charge in [-0.3, -0.25) is 9.69 Å². The summed E-state index contributed by atoms with van der Waals surface area (Å²) in [5.74, 6) is -1.20. The second kappa shape index (κ2) is 11.2. The summed E-state index contributed by atoms with van der Waals surface area (Å²) in [7, 11) is -2.17. The number of carbonyl (C=O) groups excluding carboxylic acids is 2. The van der Waals surface area contributed by atoms with Gasteiger partial charge in [0.2, 0.25) is 0 Å².